The molecule has 1 rings (SSSR count). The van der Waals surface area contributed by atoms with Crippen molar-refractivity contribution in [2.24, 2.45) is 5.73 Å². The summed E-state index contributed by atoms with van der Waals surface area (Å²) in [5.41, 5.74) is 6.21. The molecule has 0 aliphatic rings. The summed E-state index contributed by atoms with van der Waals surface area (Å²) >= 11 is 0. The first kappa shape index (κ1) is 10.7. The molecule has 2 heteroatoms. The van der Waals surface area contributed by atoms with Gasteiger partial charge >= 0.3 is 0 Å². The van der Waals surface area contributed by atoms with Crippen molar-refractivity contribution < 1.29 is 4.79 Å². The summed E-state index contributed by atoms with van der Waals surface area (Å²) in [4.78, 5) is 11.8. The number of ketones is 1. The summed E-state index contributed by atoms with van der Waals surface area (Å²) in [5, 5.41) is 0. The number of nitrogens with two attached hydrogens (primary N) is 1. The monoisotopic (exact) mass is 189 g/mol. The number of hydrogen-bond acceptors (Lipinski definition) is 2. The topological polar surface area (TPSA) is 43.1 Å². The molecule has 0 heterocycles. The van der Waals surface area contributed by atoms with Gasteiger partial charge in [0, 0.05) is 16.7 Å². The molecule has 0 aliphatic carbocycles. The lowest BCUT2D eigenvalue weighted by atomic mass is 9.90. The van der Waals surface area contributed by atoms with E-state index in [0.29, 0.717) is 11.1 Å². The van der Waals surface area contributed by atoms with Gasteiger partial charge in [-0.2, -0.15) is 0 Å². The first-order valence-corrected chi connectivity index (χ1v) is 4.51. The van der Waals surface area contributed by atoms with Crippen LogP contribution in [0.1, 0.15) is 24.2 Å². The fraction of sp³-hybridized carbons (Fsp3) is 0.250. The number of carbonyl (C=O) groups excluding carboxylic acids is 1. The fourth-order valence-corrected chi connectivity index (χ4v) is 1.06. The number of Topliss-reactive ketones (excluding diaryl/α,β-unsaturated/α-hetero) is 1. The molecule has 74 valence electrons. The van der Waals surface area contributed by atoms with Crippen LogP contribution in [0.25, 0.3) is 0 Å². The van der Waals surface area contributed by atoms with Gasteiger partial charge in [-0.3, -0.25) is 4.79 Å². The van der Waals surface area contributed by atoms with E-state index >= 15 is 0 Å². The van der Waals surface area contributed by atoms with Crippen LogP contribution < -0.4 is 5.73 Å². The first-order chi connectivity index (χ1) is 6.43. The molecule has 2 N–H and O–H groups in total. The van der Waals surface area contributed by atoms with Gasteiger partial charge in [0.15, 0.2) is 5.78 Å². The summed E-state index contributed by atoms with van der Waals surface area (Å²) in [7, 11) is 0. The van der Waals surface area contributed by atoms with Gasteiger partial charge < -0.3 is 5.73 Å². The highest BCUT2D eigenvalue weighted by Crippen LogP contribution is 2.16. The van der Waals surface area contributed by atoms with E-state index in [1.807, 2.05) is 18.2 Å². The van der Waals surface area contributed by atoms with Crippen molar-refractivity contribution in [3.63, 3.8) is 0 Å². The van der Waals surface area contributed by atoms with Crippen LogP contribution >= 0.6 is 0 Å². The molecule has 0 bridgehead atoms. The Kier molecular flexibility index (Phi) is 2.87. The summed E-state index contributed by atoms with van der Waals surface area (Å²) in [5.74, 6) is -0.0851. The van der Waals surface area contributed by atoms with Crippen molar-refractivity contribution in [3.05, 3.63) is 48.0 Å². The predicted molar refractivity (Wildman–Crippen MR) is 58.2 cm³/mol. The van der Waals surface area contributed by atoms with Crippen LogP contribution in [-0.4, -0.2) is 11.3 Å². The minimum Gasteiger partial charge on any atom is -0.322 e. The van der Waals surface area contributed by atoms with Crippen LogP contribution in [-0.2, 0) is 0 Å². The standard InChI is InChI=1S/C12H15NO/c1-9(12(2,3)13)11(14)10-7-5-4-6-8-10/h4-8H,1,13H2,2-3H3. The number of carbonyl (C=O) groups is 1. The largest absolute Gasteiger partial charge is 0.322 e. The minimum atomic E-state index is -0.660. The van der Waals surface area contributed by atoms with Gasteiger partial charge in [-0.1, -0.05) is 36.9 Å². The van der Waals surface area contributed by atoms with Crippen LogP contribution in [0.2, 0.25) is 0 Å². The summed E-state index contributed by atoms with van der Waals surface area (Å²) in [6.07, 6.45) is 0. The third-order valence-corrected chi connectivity index (χ3v) is 2.09. The van der Waals surface area contributed by atoms with Crippen molar-refractivity contribution in [1.82, 2.24) is 0 Å². The molecular formula is C12H15NO. The number of rotatable bonds is 3. The Labute approximate surface area is 84.4 Å². The highest BCUT2D eigenvalue weighted by Gasteiger charge is 2.22. The zero-order valence-electron chi connectivity index (χ0n) is 8.58. The minimum absolute atomic E-state index is 0.0851. The summed E-state index contributed by atoms with van der Waals surface area (Å²) < 4.78 is 0. The first-order valence-electron chi connectivity index (χ1n) is 4.51. The molecule has 14 heavy (non-hydrogen) atoms. The molecule has 0 saturated heterocycles. The van der Waals surface area contributed by atoms with Gasteiger partial charge in [-0.15, -0.1) is 0 Å². The Morgan fingerprint density at radius 1 is 1.29 bits per heavy atom. The van der Waals surface area contributed by atoms with Gasteiger partial charge in [0.25, 0.3) is 0 Å². The fourth-order valence-electron chi connectivity index (χ4n) is 1.06. The second kappa shape index (κ2) is 3.76. The quantitative estimate of drug-likeness (QED) is 0.585. The molecule has 0 spiro atoms. The highest BCUT2D eigenvalue weighted by molar-refractivity contribution is 6.09. The van der Waals surface area contributed by atoms with Crippen molar-refractivity contribution in [1.29, 1.82) is 0 Å². The maximum Gasteiger partial charge on any atom is 0.190 e. The molecule has 0 aromatic heterocycles. The van der Waals surface area contributed by atoms with Gasteiger partial charge in [0.05, 0.1) is 0 Å². The molecule has 2 nitrogen and oxygen atoms in total. The van der Waals surface area contributed by atoms with E-state index in [1.54, 1.807) is 26.0 Å². The molecular weight excluding hydrogens is 174 g/mol. The molecule has 0 radical (unpaired) electrons. The van der Waals surface area contributed by atoms with E-state index in [1.165, 1.54) is 0 Å². The third-order valence-electron chi connectivity index (χ3n) is 2.09. The van der Waals surface area contributed by atoms with Crippen molar-refractivity contribution >= 4 is 5.78 Å². The van der Waals surface area contributed by atoms with Crippen LogP contribution in [0, 0.1) is 0 Å². The lowest BCUT2D eigenvalue weighted by Gasteiger charge is -2.20. The molecule has 1 aromatic rings. The van der Waals surface area contributed by atoms with Crippen LogP contribution in [0.15, 0.2) is 42.5 Å². The summed E-state index contributed by atoms with van der Waals surface area (Å²) in [6.45, 7) is 7.28. The van der Waals surface area contributed by atoms with E-state index in [2.05, 4.69) is 6.58 Å². The Morgan fingerprint density at radius 2 is 1.79 bits per heavy atom. The van der Waals surface area contributed by atoms with E-state index in [-0.39, 0.29) is 5.78 Å². The summed E-state index contributed by atoms with van der Waals surface area (Å²) in [6, 6.07) is 9.04. The number of hydrogen-bond donors (Lipinski definition) is 1. The average Bonchev–Trinajstić information content (AvgIpc) is 2.15. The van der Waals surface area contributed by atoms with Gasteiger partial charge in [0.1, 0.15) is 0 Å². The number of benzene rings is 1. The van der Waals surface area contributed by atoms with E-state index in [0.717, 1.165) is 0 Å². The van der Waals surface area contributed by atoms with Crippen LogP contribution in [0.5, 0.6) is 0 Å². The van der Waals surface area contributed by atoms with Crippen molar-refractivity contribution in [2.75, 3.05) is 0 Å². The van der Waals surface area contributed by atoms with Crippen LogP contribution in [0.3, 0.4) is 0 Å². The van der Waals surface area contributed by atoms with Crippen molar-refractivity contribution in [3.8, 4) is 0 Å². The second-order valence-electron chi connectivity index (χ2n) is 3.90. The lowest BCUT2D eigenvalue weighted by Crippen LogP contribution is -2.37. The smallest absolute Gasteiger partial charge is 0.190 e. The molecule has 0 fully saturated rings. The van der Waals surface area contributed by atoms with Gasteiger partial charge in [0.2, 0.25) is 0 Å². The van der Waals surface area contributed by atoms with Crippen molar-refractivity contribution in [2.45, 2.75) is 19.4 Å². The zero-order valence-corrected chi connectivity index (χ0v) is 8.58. The third kappa shape index (κ3) is 2.30. The second-order valence-corrected chi connectivity index (χ2v) is 3.90. The van der Waals surface area contributed by atoms with E-state index in [9.17, 15) is 4.79 Å². The zero-order chi connectivity index (χ0) is 10.8. The Balaban J connectivity index is 2.93. The molecule has 0 atom stereocenters. The Morgan fingerprint density at radius 3 is 2.21 bits per heavy atom. The van der Waals surface area contributed by atoms with Gasteiger partial charge in [-0.05, 0) is 13.8 Å². The molecule has 0 unspecified atom stereocenters. The molecule has 0 saturated carbocycles. The SMILES string of the molecule is C=C(C(=O)c1ccccc1)C(C)(C)N. The molecule has 0 amide bonds. The normalized spacial score (nSPS) is 11.1. The maximum atomic E-state index is 11.8. The molecule has 0 aliphatic heterocycles. The van der Waals surface area contributed by atoms with Crippen LogP contribution in [0.4, 0.5) is 0 Å². The lowest BCUT2D eigenvalue weighted by molar-refractivity contribution is 0.102. The van der Waals surface area contributed by atoms with E-state index < -0.39 is 5.54 Å². The molecule has 1 aromatic carbocycles. The van der Waals surface area contributed by atoms with E-state index in [4.69, 9.17) is 5.73 Å². The Bertz CT molecular complexity index is 346. The van der Waals surface area contributed by atoms with Gasteiger partial charge in [-0.25, -0.2) is 0 Å². The maximum absolute atomic E-state index is 11.8. The predicted octanol–water partition coefficient (Wildman–Crippen LogP) is 2.16. The highest BCUT2D eigenvalue weighted by atomic mass is 16.1. The average molecular weight is 189 g/mol. The Hall–Kier alpha value is -1.41.